The average molecular weight is 305 g/mol. The summed E-state index contributed by atoms with van der Waals surface area (Å²) in [6.45, 7) is 0. The molecule has 0 aliphatic rings. The van der Waals surface area contributed by atoms with Crippen LogP contribution in [-0.2, 0) is 6.18 Å². The van der Waals surface area contributed by atoms with E-state index in [-0.39, 0.29) is 4.64 Å². The van der Waals surface area contributed by atoms with Gasteiger partial charge in [0.2, 0.25) is 0 Å². The van der Waals surface area contributed by atoms with E-state index in [1.807, 2.05) is 0 Å². The molecule has 0 unspecified atom stereocenters. The molecule has 0 aliphatic heterocycles. The van der Waals surface area contributed by atoms with Crippen molar-refractivity contribution in [1.29, 1.82) is 0 Å². The Hall–Kier alpha value is -0.110. The van der Waals surface area contributed by atoms with Crippen molar-refractivity contribution >= 4 is 34.8 Å². The molecule has 0 spiro atoms. The van der Waals surface area contributed by atoms with Crippen molar-refractivity contribution in [2.24, 2.45) is 0 Å². The molecule has 1 rings (SSSR count). The van der Waals surface area contributed by atoms with Crippen LogP contribution in [0.25, 0.3) is 0 Å². The third kappa shape index (κ3) is 2.44. The Morgan fingerprint density at radius 1 is 1.33 bits per heavy atom. The maximum atomic E-state index is 12.1. The van der Waals surface area contributed by atoms with Crippen LogP contribution in [0.5, 0.6) is 0 Å². The van der Waals surface area contributed by atoms with Gasteiger partial charge in [-0.25, -0.2) is 0 Å². The molecule has 6 heteroatoms. The molecule has 0 atom stereocenters. The van der Waals surface area contributed by atoms with Gasteiger partial charge in [-0.1, -0.05) is 12.2 Å². The number of nitrogens with one attached hydrogen (secondary N) is 1. The predicted molar refractivity (Wildman–Crippen MR) is 49.3 cm³/mol. The number of aromatic amines is 1. The van der Waals surface area contributed by atoms with Crippen LogP contribution in [0, 0.1) is 8.34 Å². The molecule has 0 aliphatic carbocycles. The highest BCUT2D eigenvalue weighted by Crippen LogP contribution is 2.29. The molecular weight excluding hydrogens is 302 g/mol. The van der Waals surface area contributed by atoms with Gasteiger partial charge in [0.25, 0.3) is 0 Å². The minimum atomic E-state index is -4.32. The molecule has 0 aromatic carbocycles. The van der Waals surface area contributed by atoms with Crippen LogP contribution >= 0.6 is 34.8 Å². The Kier molecular flexibility index (Phi) is 2.77. The first-order valence-electron chi connectivity index (χ1n) is 2.86. The van der Waals surface area contributed by atoms with Gasteiger partial charge in [-0.3, -0.25) is 0 Å². The van der Waals surface area contributed by atoms with E-state index in [0.29, 0.717) is 3.70 Å². The maximum absolute atomic E-state index is 12.1. The Balaban J connectivity index is 3.27. The molecule has 66 valence electrons. The summed E-state index contributed by atoms with van der Waals surface area (Å²) in [5, 5.41) is 0. The number of H-pyrrole nitrogens is 1. The molecule has 0 amide bonds. The van der Waals surface area contributed by atoms with Gasteiger partial charge < -0.3 is 4.98 Å². The topological polar surface area (TPSA) is 15.8 Å². The monoisotopic (exact) mass is 305 g/mol. The van der Waals surface area contributed by atoms with E-state index in [0.717, 1.165) is 12.1 Å². The van der Waals surface area contributed by atoms with Crippen molar-refractivity contribution in [3.05, 3.63) is 26.0 Å². The zero-order valence-corrected chi connectivity index (χ0v) is 8.55. The molecule has 1 heterocycles. The Morgan fingerprint density at radius 3 is 2.33 bits per heavy atom. The van der Waals surface area contributed by atoms with Gasteiger partial charge in [0.15, 0.2) is 0 Å². The van der Waals surface area contributed by atoms with Crippen LogP contribution in [0.15, 0.2) is 12.1 Å². The predicted octanol–water partition coefficient (Wildman–Crippen LogP) is 3.37. The normalized spacial score (nSPS) is 11.7. The zero-order chi connectivity index (χ0) is 9.35. The van der Waals surface area contributed by atoms with Gasteiger partial charge in [0, 0.05) is 0 Å². The lowest BCUT2D eigenvalue weighted by Gasteiger charge is -2.05. The van der Waals surface area contributed by atoms with E-state index < -0.39 is 11.7 Å². The number of hydrogen-bond acceptors (Lipinski definition) is 1. The number of halogens is 4. The Morgan fingerprint density at radius 2 is 1.92 bits per heavy atom. The van der Waals surface area contributed by atoms with Gasteiger partial charge >= 0.3 is 6.18 Å². The lowest BCUT2D eigenvalue weighted by Crippen LogP contribution is -2.05. The number of pyridine rings is 1. The fourth-order valence-corrected chi connectivity index (χ4v) is 1.72. The Labute approximate surface area is 85.1 Å². The number of aromatic nitrogens is 1. The standard InChI is InChI=1S/C6H3F3INS/c7-6(8,9)3-1-4(10)11-5(12)2-3/h1-2H,(H,11,12). The second kappa shape index (κ2) is 3.33. The van der Waals surface area contributed by atoms with Gasteiger partial charge in [0.05, 0.1) is 9.26 Å². The smallest absolute Gasteiger partial charge is 0.342 e. The molecule has 0 radical (unpaired) electrons. The number of hydrogen-bond donors (Lipinski definition) is 1. The lowest BCUT2D eigenvalue weighted by atomic mass is 10.3. The quantitative estimate of drug-likeness (QED) is 0.441. The van der Waals surface area contributed by atoms with E-state index in [4.69, 9.17) is 0 Å². The van der Waals surface area contributed by atoms with Crippen LogP contribution in [0.4, 0.5) is 13.2 Å². The summed E-state index contributed by atoms with van der Waals surface area (Å²) in [5.41, 5.74) is -0.712. The first-order valence-corrected chi connectivity index (χ1v) is 4.35. The fourth-order valence-electron chi connectivity index (χ4n) is 0.673. The van der Waals surface area contributed by atoms with Crippen molar-refractivity contribution in [1.82, 2.24) is 4.98 Å². The zero-order valence-electron chi connectivity index (χ0n) is 5.57. The molecule has 0 saturated carbocycles. The molecule has 0 fully saturated rings. The number of alkyl halides is 3. The Bertz CT molecular complexity index is 343. The highest BCUT2D eigenvalue weighted by Gasteiger charge is 2.30. The largest absolute Gasteiger partial charge is 0.416 e. The minimum absolute atomic E-state index is 0.0919. The number of rotatable bonds is 0. The molecule has 1 nitrogen and oxygen atoms in total. The molecular formula is C6H3F3INS. The third-order valence-corrected chi connectivity index (χ3v) is 1.94. The van der Waals surface area contributed by atoms with Crippen LogP contribution in [0.1, 0.15) is 5.56 Å². The lowest BCUT2D eigenvalue weighted by molar-refractivity contribution is -0.137. The minimum Gasteiger partial charge on any atom is -0.342 e. The van der Waals surface area contributed by atoms with E-state index in [1.54, 1.807) is 22.6 Å². The average Bonchev–Trinajstić information content (AvgIpc) is 1.82. The molecule has 0 bridgehead atoms. The van der Waals surface area contributed by atoms with Crippen molar-refractivity contribution in [2.45, 2.75) is 6.18 Å². The summed E-state index contributed by atoms with van der Waals surface area (Å²) in [7, 11) is 0. The summed E-state index contributed by atoms with van der Waals surface area (Å²) in [6, 6.07) is 1.91. The highest BCUT2D eigenvalue weighted by molar-refractivity contribution is 14.1. The summed E-state index contributed by atoms with van der Waals surface area (Å²) < 4.78 is 36.7. The SMILES string of the molecule is FC(F)(F)c1cc(I)[nH]c(=S)c1. The van der Waals surface area contributed by atoms with Crippen molar-refractivity contribution in [3.8, 4) is 0 Å². The molecule has 12 heavy (non-hydrogen) atoms. The summed E-state index contributed by atoms with van der Waals surface area (Å²) in [4.78, 5) is 2.58. The maximum Gasteiger partial charge on any atom is 0.416 e. The van der Waals surface area contributed by atoms with Gasteiger partial charge in [-0.05, 0) is 34.7 Å². The first kappa shape index (κ1) is 9.97. The van der Waals surface area contributed by atoms with Crippen LogP contribution in [-0.4, -0.2) is 4.98 Å². The second-order valence-electron chi connectivity index (χ2n) is 2.08. The van der Waals surface area contributed by atoms with Crippen molar-refractivity contribution < 1.29 is 13.2 Å². The van der Waals surface area contributed by atoms with E-state index in [9.17, 15) is 13.2 Å². The summed E-state index contributed by atoms with van der Waals surface area (Å²) in [5.74, 6) is 0. The third-order valence-electron chi connectivity index (χ3n) is 1.14. The molecule has 1 aromatic rings. The summed E-state index contributed by atoms with van der Waals surface area (Å²) >= 11 is 6.34. The first-order chi connectivity index (χ1) is 5.39. The molecule has 0 saturated heterocycles. The molecule has 1 N–H and O–H groups in total. The van der Waals surface area contributed by atoms with Crippen LogP contribution < -0.4 is 0 Å². The van der Waals surface area contributed by atoms with E-state index >= 15 is 0 Å². The van der Waals surface area contributed by atoms with Crippen molar-refractivity contribution in [2.75, 3.05) is 0 Å². The second-order valence-corrected chi connectivity index (χ2v) is 3.68. The molecule has 1 aromatic heterocycles. The van der Waals surface area contributed by atoms with Gasteiger partial charge in [-0.15, -0.1) is 0 Å². The van der Waals surface area contributed by atoms with Crippen molar-refractivity contribution in [3.63, 3.8) is 0 Å². The van der Waals surface area contributed by atoms with Crippen LogP contribution in [0.2, 0.25) is 0 Å². The van der Waals surface area contributed by atoms with Crippen LogP contribution in [0.3, 0.4) is 0 Å². The summed E-state index contributed by atoms with van der Waals surface area (Å²) in [6.07, 6.45) is -4.32. The highest BCUT2D eigenvalue weighted by atomic mass is 127. The fraction of sp³-hybridized carbons (Fsp3) is 0.167. The van der Waals surface area contributed by atoms with E-state index in [1.165, 1.54) is 0 Å². The van der Waals surface area contributed by atoms with Gasteiger partial charge in [0.1, 0.15) is 4.64 Å². The van der Waals surface area contributed by atoms with Gasteiger partial charge in [-0.2, -0.15) is 13.2 Å². The van der Waals surface area contributed by atoms with E-state index in [2.05, 4.69) is 17.2 Å².